The Morgan fingerprint density at radius 2 is 1.85 bits per heavy atom. The SMILES string of the molecule is CC(C)=CCC=C(C)C=C[C@@H]1[C@H]2CC(CCCCC(=O)O)C[C@H]2C[C@H]1O. The van der Waals surface area contributed by atoms with E-state index in [1.54, 1.807) is 0 Å². The minimum atomic E-state index is -0.686. The van der Waals surface area contributed by atoms with E-state index in [1.165, 1.54) is 24.0 Å². The molecule has 2 aliphatic rings. The fourth-order valence-corrected chi connectivity index (χ4v) is 4.80. The second kappa shape index (κ2) is 10.1. The van der Waals surface area contributed by atoms with Gasteiger partial charge >= 0.3 is 5.97 Å². The van der Waals surface area contributed by atoms with E-state index in [2.05, 4.69) is 45.1 Å². The van der Waals surface area contributed by atoms with E-state index in [1.807, 2.05) is 0 Å². The summed E-state index contributed by atoms with van der Waals surface area (Å²) in [5.74, 6) is 1.58. The Labute approximate surface area is 158 Å². The number of fused-ring (bicyclic) bond motifs is 1. The highest BCUT2D eigenvalue weighted by molar-refractivity contribution is 5.66. The molecule has 3 nitrogen and oxygen atoms in total. The number of rotatable bonds is 9. The molecule has 0 bridgehead atoms. The molecule has 0 spiro atoms. The summed E-state index contributed by atoms with van der Waals surface area (Å²) in [6, 6.07) is 0. The van der Waals surface area contributed by atoms with Crippen LogP contribution in [0.25, 0.3) is 0 Å². The number of hydrogen-bond acceptors (Lipinski definition) is 2. The van der Waals surface area contributed by atoms with Crippen LogP contribution in [0.4, 0.5) is 0 Å². The van der Waals surface area contributed by atoms with Crippen LogP contribution in [-0.4, -0.2) is 22.3 Å². The number of aliphatic hydroxyl groups is 1. The monoisotopic (exact) mass is 360 g/mol. The van der Waals surface area contributed by atoms with Gasteiger partial charge in [-0.25, -0.2) is 0 Å². The first kappa shape index (κ1) is 21.0. The molecule has 2 fully saturated rings. The van der Waals surface area contributed by atoms with Crippen molar-refractivity contribution in [1.29, 1.82) is 0 Å². The summed E-state index contributed by atoms with van der Waals surface area (Å²) in [5.41, 5.74) is 2.61. The molecule has 2 aliphatic carbocycles. The Kier molecular flexibility index (Phi) is 8.15. The zero-order chi connectivity index (χ0) is 19.1. The third-order valence-electron chi connectivity index (χ3n) is 6.13. The zero-order valence-corrected chi connectivity index (χ0v) is 16.7. The highest BCUT2D eigenvalue weighted by Gasteiger charge is 2.46. The molecule has 2 N–H and O–H groups in total. The number of allylic oxidation sites excluding steroid dienone is 5. The van der Waals surface area contributed by atoms with E-state index in [9.17, 15) is 9.90 Å². The van der Waals surface area contributed by atoms with Crippen molar-refractivity contribution in [3.63, 3.8) is 0 Å². The van der Waals surface area contributed by atoms with Gasteiger partial charge in [0.05, 0.1) is 6.10 Å². The van der Waals surface area contributed by atoms with Crippen LogP contribution in [0.15, 0.2) is 35.5 Å². The van der Waals surface area contributed by atoms with E-state index >= 15 is 0 Å². The molecule has 0 saturated heterocycles. The van der Waals surface area contributed by atoms with E-state index in [0.29, 0.717) is 18.3 Å². The fraction of sp³-hybridized carbons (Fsp3) is 0.696. The maximum atomic E-state index is 10.6. The highest BCUT2D eigenvalue weighted by Crippen LogP contribution is 2.51. The second-order valence-corrected chi connectivity index (χ2v) is 8.61. The van der Waals surface area contributed by atoms with Crippen LogP contribution in [0.3, 0.4) is 0 Å². The Morgan fingerprint density at radius 1 is 1.08 bits per heavy atom. The number of unbranched alkanes of at least 4 members (excludes halogenated alkanes) is 1. The van der Waals surface area contributed by atoms with Gasteiger partial charge < -0.3 is 10.2 Å². The summed E-state index contributed by atoms with van der Waals surface area (Å²) in [4.78, 5) is 10.6. The lowest BCUT2D eigenvalue weighted by atomic mass is 9.89. The number of carbonyl (C=O) groups is 1. The maximum Gasteiger partial charge on any atom is 0.303 e. The number of aliphatic carboxylic acids is 1. The molecule has 5 atom stereocenters. The van der Waals surface area contributed by atoms with Crippen molar-refractivity contribution in [2.24, 2.45) is 23.7 Å². The van der Waals surface area contributed by atoms with E-state index in [0.717, 1.165) is 38.0 Å². The van der Waals surface area contributed by atoms with Crippen molar-refractivity contribution in [3.05, 3.63) is 35.5 Å². The van der Waals surface area contributed by atoms with Gasteiger partial charge in [0.25, 0.3) is 0 Å². The molecule has 0 heterocycles. The van der Waals surface area contributed by atoms with Gasteiger partial charge in [-0.1, -0.05) is 48.3 Å². The van der Waals surface area contributed by atoms with Crippen LogP contribution >= 0.6 is 0 Å². The minimum Gasteiger partial charge on any atom is -0.481 e. The van der Waals surface area contributed by atoms with Crippen molar-refractivity contribution in [3.8, 4) is 0 Å². The van der Waals surface area contributed by atoms with Crippen LogP contribution in [0.5, 0.6) is 0 Å². The summed E-state index contributed by atoms with van der Waals surface area (Å²) in [7, 11) is 0. The standard InChI is InChI=1S/C23H36O3/c1-16(2)7-6-8-17(3)11-12-20-21-14-18(9-4-5-10-23(25)26)13-19(21)15-22(20)24/h7-8,11-12,18-22,24H,4-6,9-10,13-15H2,1-3H3,(H,25,26)/t18?,19-,20+,21-,22+/m0/s1. The topological polar surface area (TPSA) is 57.5 Å². The first-order valence-electron chi connectivity index (χ1n) is 10.2. The van der Waals surface area contributed by atoms with Crippen molar-refractivity contribution in [1.82, 2.24) is 0 Å². The van der Waals surface area contributed by atoms with Gasteiger partial charge in [-0.15, -0.1) is 0 Å². The quantitative estimate of drug-likeness (QED) is 0.324. The first-order chi connectivity index (χ1) is 12.4. The molecule has 2 saturated carbocycles. The number of carboxylic acids is 1. The zero-order valence-electron chi connectivity index (χ0n) is 16.7. The van der Waals surface area contributed by atoms with E-state index < -0.39 is 5.97 Å². The van der Waals surface area contributed by atoms with Crippen LogP contribution in [0.2, 0.25) is 0 Å². The first-order valence-corrected chi connectivity index (χ1v) is 10.2. The smallest absolute Gasteiger partial charge is 0.303 e. The second-order valence-electron chi connectivity index (χ2n) is 8.61. The van der Waals surface area contributed by atoms with Crippen molar-refractivity contribution in [2.45, 2.75) is 78.2 Å². The van der Waals surface area contributed by atoms with Gasteiger partial charge in [0.1, 0.15) is 0 Å². The average Bonchev–Trinajstić information content (AvgIpc) is 3.05. The molecular weight excluding hydrogens is 324 g/mol. The predicted molar refractivity (Wildman–Crippen MR) is 107 cm³/mol. The van der Waals surface area contributed by atoms with Crippen LogP contribution < -0.4 is 0 Å². The van der Waals surface area contributed by atoms with Crippen LogP contribution in [-0.2, 0) is 4.79 Å². The van der Waals surface area contributed by atoms with Crippen LogP contribution in [0, 0.1) is 23.7 Å². The molecule has 3 heteroatoms. The number of aliphatic hydroxyl groups excluding tert-OH is 1. The van der Waals surface area contributed by atoms with Gasteiger partial charge in [-0.3, -0.25) is 4.79 Å². The summed E-state index contributed by atoms with van der Waals surface area (Å²) in [6.07, 6.45) is 16.3. The summed E-state index contributed by atoms with van der Waals surface area (Å²) >= 11 is 0. The normalized spacial score (nSPS) is 31.4. The summed E-state index contributed by atoms with van der Waals surface area (Å²) in [6.45, 7) is 6.37. The molecule has 1 unspecified atom stereocenters. The molecule has 0 amide bonds. The molecular formula is C23H36O3. The number of hydrogen-bond donors (Lipinski definition) is 2. The molecule has 146 valence electrons. The van der Waals surface area contributed by atoms with Crippen molar-refractivity contribution in [2.75, 3.05) is 0 Å². The average molecular weight is 361 g/mol. The molecule has 26 heavy (non-hydrogen) atoms. The lowest BCUT2D eigenvalue weighted by molar-refractivity contribution is -0.137. The molecule has 0 aromatic rings. The minimum absolute atomic E-state index is 0.195. The van der Waals surface area contributed by atoms with Gasteiger partial charge in [0.15, 0.2) is 0 Å². The lowest BCUT2D eigenvalue weighted by Crippen LogP contribution is -2.17. The molecule has 0 radical (unpaired) electrons. The Hall–Kier alpha value is -1.35. The largest absolute Gasteiger partial charge is 0.481 e. The van der Waals surface area contributed by atoms with Crippen molar-refractivity contribution < 1.29 is 15.0 Å². The Morgan fingerprint density at radius 3 is 2.54 bits per heavy atom. The lowest BCUT2D eigenvalue weighted by Gasteiger charge is -2.18. The van der Waals surface area contributed by atoms with Crippen molar-refractivity contribution >= 4 is 5.97 Å². The summed E-state index contributed by atoms with van der Waals surface area (Å²) < 4.78 is 0. The van der Waals surface area contributed by atoms with Gasteiger partial charge in [-0.05, 0) is 70.6 Å². The third kappa shape index (κ3) is 6.42. The highest BCUT2D eigenvalue weighted by atomic mass is 16.4. The Bertz CT molecular complexity index is 554. The van der Waals surface area contributed by atoms with Gasteiger partial charge in [0.2, 0.25) is 0 Å². The molecule has 0 aromatic heterocycles. The van der Waals surface area contributed by atoms with Gasteiger partial charge in [-0.2, -0.15) is 0 Å². The molecule has 0 aromatic carbocycles. The maximum absolute atomic E-state index is 10.6. The molecule has 0 aliphatic heterocycles. The van der Waals surface area contributed by atoms with Gasteiger partial charge in [0, 0.05) is 12.3 Å². The fourth-order valence-electron chi connectivity index (χ4n) is 4.80. The third-order valence-corrected chi connectivity index (χ3v) is 6.13. The number of carboxylic acid groups (broad SMARTS) is 1. The molecule has 2 rings (SSSR count). The predicted octanol–water partition coefficient (Wildman–Crippen LogP) is 5.51. The summed E-state index contributed by atoms with van der Waals surface area (Å²) in [5, 5.41) is 19.2. The van der Waals surface area contributed by atoms with E-state index in [4.69, 9.17) is 5.11 Å². The van der Waals surface area contributed by atoms with Crippen LogP contribution in [0.1, 0.15) is 72.1 Å². The van der Waals surface area contributed by atoms with E-state index in [-0.39, 0.29) is 12.0 Å². The Balaban J connectivity index is 1.83.